The molecule has 0 spiro atoms. The van der Waals surface area contributed by atoms with Crippen molar-refractivity contribution < 1.29 is 4.42 Å². The lowest BCUT2D eigenvalue weighted by Crippen LogP contribution is -2.00. The summed E-state index contributed by atoms with van der Waals surface area (Å²) in [6.45, 7) is 0. The number of fused-ring (bicyclic) bond motifs is 9. The van der Waals surface area contributed by atoms with Gasteiger partial charge in [0, 0.05) is 72.9 Å². The first-order chi connectivity index (χ1) is 27.8. The summed E-state index contributed by atoms with van der Waals surface area (Å²) in [5, 5.41) is 6.94. The van der Waals surface area contributed by atoms with Crippen molar-refractivity contribution in [1.82, 2.24) is 24.1 Å². The highest BCUT2D eigenvalue weighted by atomic mass is 16.3. The third kappa shape index (κ3) is 4.59. The van der Waals surface area contributed by atoms with E-state index >= 15 is 0 Å². The highest BCUT2D eigenvalue weighted by Gasteiger charge is 2.22. The van der Waals surface area contributed by atoms with Gasteiger partial charge in [-0.05, 0) is 48.5 Å². The lowest BCUT2D eigenvalue weighted by molar-refractivity contribution is 0.668. The average Bonchev–Trinajstić information content (AvgIpc) is 4.06. The van der Waals surface area contributed by atoms with Crippen LogP contribution < -0.4 is 0 Å². The molecule has 4 heterocycles. The molecule has 6 heteroatoms. The number of allylic oxidation sites excluding steroid dienone is 4. The predicted molar refractivity (Wildman–Crippen MR) is 229 cm³/mol. The summed E-state index contributed by atoms with van der Waals surface area (Å²) in [4.78, 5) is 15.0. The Labute approximate surface area is 320 Å². The number of hydrogen-bond acceptors (Lipinski definition) is 4. The van der Waals surface area contributed by atoms with Gasteiger partial charge in [0.05, 0.1) is 22.1 Å². The second-order valence-electron chi connectivity index (χ2n) is 14.4. The molecule has 0 amide bonds. The second kappa shape index (κ2) is 12.0. The molecule has 6 nitrogen and oxygen atoms in total. The summed E-state index contributed by atoms with van der Waals surface area (Å²) >= 11 is 0. The zero-order chi connectivity index (χ0) is 36.7. The first kappa shape index (κ1) is 30.8. The Morgan fingerprint density at radius 2 is 1.07 bits per heavy atom. The van der Waals surface area contributed by atoms with Gasteiger partial charge in [-0.25, -0.2) is 15.0 Å². The quantitative estimate of drug-likeness (QED) is 0.178. The van der Waals surface area contributed by atoms with Crippen LogP contribution in [0.15, 0.2) is 180 Å². The Balaban J connectivity index is 1.08. The van der Waals surface area contributed by atoms with Crippen LogP contribution in [0.4, 0.5) is 0 Å². The molecule has 0 saturated heterocycles. The highest BCUT2D eigenvalue weighted by Crippen LogP contribution is 2.42. The van der Waals surface area contributed by atoms with E-state index in [1.165, 1.54) is 38.3 Å². The summed E-state index contributed by atoms with van der Waals surface area (Å²) in [6, 6.07) is 55.1. The van der Waals surface area contributed by atoms with Crippen LogP contribution in [0.5, 0.6) is 0 Å². The van der Waals surface area contributed by atoms with Crippen LogP contribution in [0.25, 0.3) is 111 Å². The lowest BCUT2D eigenvalue weighted by atomic mass is 10.0. The molecule has 0 bridgehead atoms. The molecule has 1 aliphatic carbocycles. The Morgan fingerprint density at radius 1 is 0.446 bits per heavy atom. The molecule has 0 N–H and O–H groups in total. The van der Waals surface area contributed by atoms with Gasteiger partial charge in [-0.1, -0.05) is 121 Å². The van der Waals surface area contributed by atoms with E-state index in [2.05, 4.69) is 112 Å². The van der Waals surface area contributed by atoms with Crippen molar-refractivity contribution in [3.8, 4) is 39.9 Å². The van der Waals surface area contributed by atoms with Gasteiger partial charge in [0.1, 0.15) is 11.2 Å². The summed E-state index contributed by atoms with van der Waals surface area (Å²) in [6.07, 6.45) is 7.53. The van der Waals surface area contributed by atoms with Gasteiger partial charge in [-0.2, -0.15) is 0 Å². The average molecular weight is 718 g/mol. The maximum atomic E-state index is 6.70. The first-order valence-corrected chi connectivity index (χ1v) is 18.9. The number of furan rings is 1. The van der Waals surface area contributed by atoms with E-state index in [1.807, 2.05) is 72.8 Å². The van der Waals surface area contributed by atoms with Crippen LogP contribution >= 0.6 is 0 Å². The van der Waals surface area contributed by atoms with Crippen molar-refractivity contribution in [3.63, 3.8) is 0 Å². The van der Waals surface area contributed by atoms with Gasteiger partial charge in [-0.15, -0.1) is 0 Å². The normalized spacial score (nSPS) is 13.0. The minimum absolute atomic E-state index is 0.601. The molecule has 7 aromatic carbocycles. The standard InChI is InChI=1S/C50H31N5O/c1-3-14-31(15-4-1)48-51-49(32-16-5-2-6-17-32)53-50(52-48)38-22-13-25-45-47(38)37-27-26-34(28-46(37)56-45)55-42-24-12-10-21-36(42)40-29-39-35-20-9-11-23-41(35)54(33-18-7-8-19-33)43(39)30-44(40)55/h1-18,20-30H,19H2. The SMILES string of the molecule is C1=CCC(n2c3ccccc3c3cc4c5ccccc5n(-c5ccc6c(c5)oc5cccc(-c7nc(-c8ccccc8)nc(-c8ccccc8)n7)c56)c4cc32)=C1. The molecule has 0 radical (unpaired) electrons. The van der Waals surface area contributed by atoms with Crippen LogP contribution in [-0.2, 0) is 0 Å². The van der Waals surface area contributed by atoms with Gasteiger partial charge in [0.25, 0.3) is 0 Å². The molecule has 4 aromatic heterocycles. The van der Waals surface area contributed by atoms with E-state index in [9.17, 15) is 0 Å². The van der Waals surface area contributed by atoms with Crippen LogP contribution in [0, 0.1) is 0 Å². The Bertz CT molecular complexity index is 3380. The van der Waals surface area contributed by atoms with Crippen LogP contribution in [0.3, 0.4) is 0 Å². The molecular formula is C50H31N5O. The lowest BCUT2D eigenvalue weighted by Gasteiger charge is -2.11. The zero-order valence-corrected chi connectivity index (χ0v) is 30.1. The highest BCUT2D eigenvalue weighted by molar-refractivity contribution is 6.20. The summed E-state index contributed by atoms with van der Waals surface area (Å²) in [5.41, 5.74) is 11.4. The summed E-state index contributed by atoms with van der Waals surface area (Å²) < 4.78 is 11.5. The molecule has 12 rings (SSSR count). The third-order valence-corrected chi connectivity index (χ3v) is 11.2. The number of aromatic nitrogens is 5. The Hall–Kier alpha value is -7.57. The molecular weight excluding hydrogens is 687 g/mol. The molecule has 1 aliphatic rings. The molecule has 11 aromatic rings. The largest absolute Gasteiger partial charge is 0.456 e. The van der Waals surface area contributed by atoms with Gasteiger partial charge in [0.15, 0.2) is 17.5 Å². The predicted octanol–water partition coefficient (Wildman–Crippen LogP) is 12.8. The van der Waals surface area contributed by atoms with Crippen molar-refractivity contribution in [3.05, 3.63) is 176 Å². The minimum Gasteiger partial charge on any atom is -0.456 e. The van der Waals surface area contributed by atoms with Crippen molar-refractivity contribution in [1.29, 1.82) is 0 Å². The third-order valence-electron chi connectivity index (χ3n) is 11.2. The van der Waals surface area contributed by atoms with E-state index in [4.69, 9.17) is 19.4 Å². The van der Waals surface area contributed by atoms with Crippen molar-refractivity contribution in [2.75, 3.05) is 0 Å². The fourth-order valence-electron chi connectivity index (χ4n) is 8.69. The van der Waals surface area contributed by atoms with Crippen molar-refractivity contribution in [2.45, 2.75) is 6.42 Å². The van der Waals surface area contributed by atoms with Gasteiger partial charge in [-0.3, -0.25) is 0 Å². The van der Waals surface area contributed by atoms with Gasteiger partial charge in [0.2, 0.25) is 0 Å². The second-order valence-corrected chi connectivity index (χ2v) is 14.4. The number of benzene rings is 7. The van der Waals surface area contributed by atoms with Crippen LogP contribution in [0.1, 0.15) is 6.42 Å². The molecule has 0 fully saturated rings. The molecule has 56 heavy (non-hydrogen) atoms. The van der Waals surface area contributed by atoms with Gasteiger partial charge < -0.3 is 13.6 Å². The van der Waals surface area contributed by atoms with E-state index in [0.717, 1.165) is 61.8 Å². The maximum Gasteiger partial charge on any atom is 0.164 e. The Kier molecular flexibility index (Phi) is 6.59. The first-order valence-electron chi connectivity index (χ1n) is 18.9. The van der Waals surface area contributed by atoms with E-state index < -0.39 is 0 Å². The summed E-state index contributed by atoms with van der Waals surface area (Å²) in [5.74, 6) is 1.85. The molecule has 0 atom stereocenters. The Morgan fingerprint density at radius 3 is 1.75 bits per heavy atom. The van der Waals surface area contributed by atoms with E-state index in [1.54, 1.807) is 0 Å². The van der Waals surface area contributed by atoms with Crippen LogP contribution in [0.2, 0.25) is 0 Å². The van der Waals surface area contributed by atoms with E-state index in [-0.39, 0.29) is 0 Å². The number of para-hydroxylation sites is 2. The molecule has 262 valence electrons. The maximum absolute atomic E-state index is 6.70. The fourth-order valence-corrected chi connectivity index (χ4v) is 8.69. The van der Waals surface area contributed by atoms with Gasteiger partial charge >= 0.3 is 0 Å². The zero-order valence-electron chi connectivity index (χ0n) is 30.1. The monoisotopic (exact) mass is 717 g/mol. The minimum atomic E-state index is 0.601. The molecule has 0 unspecified atom stereocenters. The smallest absolute Gasteiger partial charge is 0.164 e. The summed E-state index contributed by atoms with van der Waals surface area (Å²) in [7, 11) is 0. The van der Waals surface area contributed by atoms with E-state index in [0.29, 0.717) is 17.5 Å². The number of hydrogen-bond donors (Lipinski definition) is 0. The van der Waals surface area contributed by atoms with Crippen molar-refractivity contribution in [2.24, 2.45) is 0 Å². The van der Waals surface area contributed by atoms with Crippen LogP contribution in [-0.4, -0.2) is 24.1 Å². The number of nitrogens with zero attached hydrogens (tertiary/aromatic N) is 5. The molecule has 0 aliphatic heterocycles. The fraction of sp³-hybridized carbons (Fsp3) is 0.0200. The molecule has 0 saturated carbocycles. The van der Waals surface area contributed by atoms with Crippen molar-refractivity contribution >= 4 is 71.2 Å². The topological polar surface area (TPSA) is 61.7 Å². The number of rotatable bonds is 5.